The Morgan fingerprint density at radius 2 is 1.93 bits per heavy atom. The summed E-state index contributed by atoms with van der Waals surface area (Å²) in [6, 6.07) is 11.2. The van der Waals surface area contributed by atoms with Crippen molar-refractivity contribution in [3.63, 3.8) is 0 Å². The number of carbonyl (C=O) groups is 2. The number of rotatable bonds is 7. The Labute approximate surface area is 162 Å². The number of amides is 2. The maximum Gasteiger partial charge on any atom is 0.260 e. The molecule has 0 unspecified atom stereocenters. The van der Waals surface area contributed by atoms with E-state index in [2.05, 4.69) is 10.5 Å². The van der Waals surface area contributed by atoms with E-state index < -0.39 is 0 Å². The van der Waals surface area contributed by atoms with Crippen LogP contribution < -0.4 is 10.2 Å². The van der Waals surface area contributed by atoms with Crippen molar-refractivity contribution in [2.24, 2.45) is 5.10 Å². The van der Waals surface area contributed by atoms with E-state index >= 15 is 0 Å². The average Bonchev–Trinajstić information content (AvgIpc) is 3.38. The van der Waals surface area contributed by atoms with Gasteiger partial charge in [0.15, 0.2) is 6.61 Å². The van der Waals surface area contributed by atoms with Crippen LogP contribution in [0.2, 0.25) is 0 Å². The van der Waals surface area contributed by atoms with Gasteiger partial charge in [-0.05, 0) is 61.0 Å². The lowest BCUT2D eigenvalue weighted by molar-refractivity contribution is -0.132. The predicted molar refractivity (Wildman–Crippen MR) is 106 cm³/mol. The summed E-state index contributed by atoms with van der Waals surface area (Å²) >= 11 is 1.55. The van der Waals surface area contributed by atoms with E-state index in [0.29, 0.717) is 17.9 Å². The van der Waals surface area contributed by atoms with Crippen molar-refractivity contribution in [2.75, 3.05) is 19.7 Å². The summed E-state index contributed by atoms with van der Waals surface area (Å²) in [6.45, 7) is 3.55. The molecule has 0 saturated carbocycles. The van der Waals surface area contributed by atoms with Crippen LogP contribution in [0.25, 0.3) is 0 Å². The lowest BCUT2D eigenvalue weighted by Crippen LogP contribution is -2.32. The summed E-state index contributed by atoms with van der Waals surface area (Å²) < 4.78 is 5.57. The first-order valence-corrected chi connectivity index (χ1v) is 9.86. The van der Waals surface area contributed by atoms with E-state index in [9.17, 15) is 9.59 Å². The van der Waals surface area contributed by atoms with E-state index in [1.807, 2.05) is 41.5 Å². The first-order valence-electron chi connectivity index (χ1n) is 8.98. The molecule has 1 aliphatic heterocycles. The minimum absolute atomic E-state index is 0.0303. The molecule has 0 bridgehead atoms. The zero-order valence-electron chi connectivity index (χ0n) is 15.3. The van der Waals surface area contributed by atoms with Gasteiger partial charge in [0, 0.05) is 18.0 Å². The van der Waals surface area contributed by atoms with Gasteiger partial charge in [-0.1, -0.05) is 6.07 Å². The number of ether oxygens (including phenoxy) is 1. The number of likely N-dealkylation sites (tertiary alicyclic amines) is 1. The Balaban J connectivity index is 1.48. The molecule has 1 aliphatic rings. The Morgan fingerprint density at radius 1 is 1.19 bits per heavy atom. The fraction of sp³-hybridized carbons (Fsp3) is 0.350. The van der Waals surface area contributed by atoms with E-state index in [1.54, 1.807) is 23.5 Å². The third kappa shape index (κ3) is 5.65. The highest BCUT2D eigenvalue weighted by molar-refractivity contribution is 7.10. The van der Waals surface area contributed by atoms with Gasteiger partial charge in [-0.15, -0.1) is 11.3 Å². The number of carbonyl (C=O) groups excluding carboxylic acids is 2. The van der Waals surface area contributed by atoms with Crippen LogP contribution in [0.3, 0.4) is 0 Å². The second kappa shape index (κ2) is 9.32. The highest BCUT2D eigenvalue weighted by atomic mass is 32.1. The Bertz CT molecular complexity index is 794. The fourth-order valence-corrected chi connectivity index (χ4v) is 3.52. The number of thiophene rings is 1. The highest BCUT2D eigenvalue weighted by Crippen LogP contribution is 2.14. The van der Waals surface area contributed by atoms with Gasteiger partial charge in [-0.3, -0.25) is 9.59 Å². The van der Waals surface area contributed by atoms with Gasteiger partial charge in [0.1, 0.15) is 5.75 Å². The molecule has 1 saturated heterocycles. The van der Waals surface area contributed by atoms with Crippen molar-refractivity contribution >= 4 is 28.9 Å². The zero-order chi connectivity index (χ0) is 19.1. The van der Waals surface area contributed by atoms with Crippen LogP contribution in [0.4, 0.5) is 0 Å². The lowest BCUT2D eigenvalue weighted by atomic mass is 10.1. The number of hydrogen-bond acceptors (Lipinski definition) is 5. The number of benzene rings is 1. The molecular weight excluding hydrogens is 362 g/mol. The van der Waals surface area contributed by atoms with Crippen molar-refractivity contribution in [1.82, 2.24) is 10.3 Å². The molecule has 1 aromatic carbocycles. The summed E-state index contributed by atoms with van der Waals surface area (Å²) in [5.41, 5.74) is 4.16. The molecule has 1 fully saturated rings. The molecule has 1 aromatic heterocycles. The summed E-state index contributed by atoms with van der Waals surface area (Å²) in [6.07, 6.45) is 2.47. The minimum Gasteiger partial charge on any atom is -0.484 e. The molecule has 0 aliphatic carbocycles. The summed E-state index contributed by atoms with van der Waals surface area (Å²) in [5.74, 6) is 0.528. The molecule has 0 spiro atoms. The van der Waals surface area contributed by atoms with Crippen LogP contribution in [0.5, 0.6) is 5.75 Å². The van der Waals surface area contributed by atoms with Crippen LogP contribution in [0.1, 0.15) is 30.2 Å². The molecule has 1 N–H and O–H groups in total. The van der Waals surface area contributed by atoms with E-state index in [4.69, 9.17) is 4.74 Å². The van der Waals surface area contributed by atoms with Crippen LogP contribution in [0.15, 0.2) is 46.9 Å². The van der Waals surface area contributed by atoms with Gasteiger partial charge in [0.2, 0.25) is 5.91 Å². The van der Waals surface area contributed by atoms with Crippen molar-refractivity contribution in [2.45, 2.75) is 26.2 Å². The third-order valence-corrected chi connectivity index (χ3v) is 5.23. The second-order valence-corrected chi connectivity index (χ2v) is 7.42. The van der Waals surface area contributed by atoms with Crippen molar-refractivity contribution < 1.29 is 14.3 Å². The fourth-order valence-electron chi connectivity index (χ4n) is 2.82. The molecule has 142 valence electrons. The Morgan fingerprint density at radius 3 is 2.59 bits per heavy atom. The Hall–Kier alpha value is -2.67. The lowest BCUT2D eigenvalue weighted by Gasteiger charge is -2.15. The molecule has 2 amide bonds. The van der Waals surface area contributed by atoms with Crippen molar-refractivity contribution in [3.05, 3.63) is 52.2 Å². The number of hydrazone groups is 1. The standard InChI is InChI=1S/C20H23N3O3S/c1-15(21-22-19(24)13-18-5-4-12-27-18)16-6-8-17(9-7-16)26-14-20(25)23-10-2-3-11-23/h4-9,12H,2-3,10-11,13-14H2,1H3,(H,22,24)/b21-15+. The van der Waals surface area contributed by atoms with Gasteiger partial charge < -0.3 is 9.64 Å². The van der Waals surface area contributed by atoms with Gasteiger partial charge in [-0.25, -0.2) is 5.43 Å². The van der Waals surface area contributed by atoms with Crippen molar-refractivity contribution in [1.29, 1.82) is 0 Å². The van der Waals surface area contributed by atoms with Crippen LogP contribution in [0, 0.1) is 0 Å². The van der Waals surface area contributed by atoms with Gasteiger partial charge in [0.25, 0.3) is 5.91 Å². The molecule has 6 nitrogen and oxygen atoms in total. The molecular formula is C20H23N3O3S. The largest absolute Gasteiger partial charge is 0.484 e. The van der Waals surface area contributed by atoms with Gasteiger partial charge >= 0.3 is 0 Å². The summed E-state index contributed by atoms with van der Waals surface area (Å²) in [4.78, 5) is 26.7. The molecule has 27 heavy (non-hydrogen) atoms. The zero-order valence-corrected chi connectivity index (χ0v) is 16.1. The first-order chi connectivity index (χ1) is 13.1. The molecule has 3 rings (SSSR count). The number of hydrogen-bond donors (Lipinski definition) is 1. The molecule has 2 aromatic rings. The molecule has 2 heterocycles. The van der Waals surface area contributed by atoms with Crippen molar-refractivity contribution in [3.8, 4) is 5.75 Å². The minimum atomic E-state index is -0.142. The molecule has 7 heteroatoms. The van der Waals surface area contributed by atoms with E-state index in [1.165, 1.54) is 0 Å². The topological polar surface area (TPSA) is 71.0 Å². The molecule has 0 atom stereocenters. The normalized spacial score (nSPS) is 14.3. The number of nitrogens with one attached hydrogen (secondary N) is 1. The van der Waals surface area contributed by atoms with Crippen LogP contribution in [-0.4, -0.2) is 42.1 Å². The smallest absolute Gasteiger partial charge is 0.260 e. The van der Waals surface area contributed by atoms with Crippen LogP contribution >= 0.6 is 11.3 Å². The first kappa shape index (κ1) is 19.1. The van der Waals surface area contributed by atoms with E-state index in [-0.39, 0.29) is 18.4 Å². The summed E-state index contributed by atoms with van der Waals surface area (Å²) in [7, 11) is 0. The highest BCUT2D eigenvalue weighted by Gasteiger charge is 2.18. The predicted octanol–water partition coefficient (Wildman–Crippen LogP) is 2.83. The SMILES string of the molecule is C/C(=N\NC(=O)Cc1cccs1)c1ccc(OCC(=O)N2CCCC2)cc1. The second-order valence-electron chi connectivity index (χ2n) is 6.39. The maximum atomic E-state index is 12.0. The number of nitrogens with zero attached hydrogens (tertiary/aromatic N) is 2. The quantitative estimate of drug-likeness (QED) is 0.588. The van der Waals surface area contributed by atoms with E-state index in [0.717, 1.165) is 36.4 Å². The molecule has 0 radical (unpaired) electrons. The van der Waals surface area contributed by atoms with Gasteiger partial charge in [-0.2, -0.15) is 5.10 Å². The maximum absolute atomic E-state index is 12.0. The summed E-state index contributed by atoms with van der Waals surface area (Å²) in [5, 5.41) is 6.10. The van der Waals surface area contributed by atoms with Crippen LogP contribution in [-0.2, 0) is 16.0 Å². The third-order valence-electron chi connectivity index (χ3n) is 4.36. The average molecular weight is 385 g/mol. The Kier molecular flexibility index (Phi) is 6.59. The van der Waals surface area contributed by atoms with Gasteiger partial charge in [0.05, 0.1) is 12.1 Å². The monoisotopic (exact) mass is 385 g/mol.